The lowest BCUT2D eigenvalue weighted by molar-refractivity contribution is -0.150. The summed E-state index contributed by atoms with van der Waals surface area (Å²) in [7, 11) is 0. The fourth-order valence-corrected chi connectivity index (χ4v) is 4.77. The molecule has 2 aliphatic rings. The van der Waals surface area contributed by atoms with Crippen molar-refractivity contribution in [3.8, 4) is 0 Å². The second-order valence-electron chi connectivity index (χ2n) is 4.99. The van der Waals surface area contributed by atoms with Gasteiger partial charge in [0.1, 0.15) is 11.5 Å². The van der Waals surface area contributed by atoms with Crippen molar-refractivity contribution in [3.05, 3.63) is 29.1 Å². The predicted molar refractivity (Wildman–Crippen MR) is 81.5 cm³/mol. The van der Waals surface area contributed by atoms with E-state index in [9.17, 15) is 14.7 Å². The molecule has 3 heterocycles. The number of thioether (sulfide) groups is 1. The Kier molecular flexibility index (Phi) is 3.50. The first kappa shape index (κ1) is 14.8. The van der Waals surface area contributed by atoms with Crippen LogP contribution < -0.4 is 0 Å². The van der Waals surface area contributed by atoms with E-state index >= 15 is 0 Å². The van der Waals surface area contributed by atoms with Gasteiger partial charge in [-0.1, -0.05) is 15.9 Å². The number of Topliss-reactive ketones (excluding diaryl/α,β-unsaturated/α-hetero) is 1. The SMILES string of the molecule is CCn1ccc(C(O)C2(Br)C(=O)N3C(C(C)=O)=CS[C@@H]32)n1. The largest absolute Gasteiger partial charge is 0.385 e. The molecule has 112 valence electrons. The summed E-state index contributed by atoms with van der Waals surface area (Å²) in [5.74, 6) is -0.463. The fourth-order valence-electron chi connectivity index (χ4n) is 2.52. The summed E-state index contributed by atoms with van der Waals surface area (Å²) in [6, 6.07) is 1.70. The average Bonchev–Trinajstić information content (AvgIpc) is 3.10. The van der Waals surface area contributed by atoms with Gasteiger partial charge in [-0.05, 0) is 13.0 Å². The van der Waals surface area contributed by atoms with E-state index in [4.69, 9.17) is 0 Å². The molecule has 3 rings (SSSR count). The number of carbonyl (C=O) groups excluding carboxylic acids is 2. The Morgan fingerprint density at radius 2 is 2.38 bits per heavy atom. The lowest BCUT2D eigenvalue weighted by Gasteiger charge is -2.50. The van der Waals surface area contributed by atoms with Crippen LogP contribution in [0.1, 0.15) is 25.6 Å². The van der Waals surface area contributed by atoms with Gasteiger partial charge in [-0.25, -0.2) is 0 Å². The number of aliphatic hydroxyl groups excluding tert-OH is 1. The third-order valence-electron chi connectivity index (χ3n) is 3.73. The van der Waals surface area contributed by atoms with E-state index in [0.717, 1.165) is 0 Å². The fraction of sp³-hybridized carbons (Fsp3) is 0.462. The Labute approximate surface area is 134 Å². The number of halogens is 1. The number of rotatable bonds is 4. The van der Waals surface area contributed by atoms with Crippen LogP contribution in [0.5, 0.6) is 0 Å². The van der Waals surface area contributed by atoms with Gasteiger partial charge in [-0.3, -0.25) is 19.2 Å². The molecule has 8 heteroatoms. The highest BCUT2D eigenvalue weighted by Gasteiger charge is 2.67. The Morgan fingerprint density at radius 3 is 2.95 bits per heavy atom. The van der Waals surface area contributed by atoms with Gasteiger partial charge in [0.2, 0.25) is 0 Å². The molecule has 1 N–H and O–H groups in total. The monoisotopic (exact) mass is 371 g/mol. The number of fused-ring (bicyclic) bond motifs is 1. The molecule has 1 aromatic rings. The van der Waals surface area contributed by atoms with E-state index in [2.05, 4.69) is 21.0 Å². The molecule has 0 radical (unpaired) electrons. The Morgan fingerprint density at radius 1 is 1.67 bits per heavy atom. The van der Waals surface area contributed by atoms with Crippen LogP contribution in [-0.2, 0) is 16.1 Å². The Balaban J connectivity index is 1.87. The highest BCUT2D eigenvalue weighted by molar-refractivity contribution is 9.10. The van der Waals surface area contributed by atoms with E-state index in [1.54, 1.807) is 22.4 Å². The van der Waals surface area contributed by atoms with Crippen LogP contribution in [-0.4, -0.2) is 41.2 Å². The van der Waals surface area contributed by atoms with Crippen molar-refractivity contribution in [2.75, 3.05) is 0 Å². The number of nitrogens with zero attached hydrogens (tertiary/aromatic N) is 3. The number of alkyl halides is 1. The summed E-state index contributed by atoms with van der Waals surface area (Å²) in [6.45, 7) is 4.06. The molecule has 3 atom stereocenters. The number of amides is 1. The zero-order valence-electron chi connectivity index (χ0n) is 11.5. The molecule has 1 aromatic heterocycles. The standard InChI is InChI=1S/C13H14BrN3O3S/c1-3-16-5-4-8(15-16)10(19)13(14)11(20)17-9(7(2)18)6-21-12(13)17/h4-6,10,12,19H,3H2,1-2H3/t10?,12-,13?/m1/s1. The number of aliphatic hydroxyl groups is 1. The van der Waals surface area contributed by atoms with Crippen molar-refractivity contribution in [2.45, 2.75) is 36.2 Å². The van der Waals surface area contributed by atoms with Gasteiger partial charge in [0, 0.05) is 25.1 Å². The van der Waals surface area contributed by atoms with E-state index < -0.39 is 10.4 Å². The number of carbonyl (C=O) groups is 2. The van der Waals surface area contributed by atoms with E-state index in [1.165, 1.54) is 23.6 Å². The summed E-state index contributed by atoms with van der Waals surface area (Å²) in [4.78, 5) is 25.4. The van der Waals surface area contributed by atoms with Crippen molar-refractivity contribution in [1.82, 2.24) is 14.7 Å². The number of aromatic nitrogens is 2. The summed E-state index contributed by atoms with van der Waals surface area (Å²) in [6.07, 6.45) is 0.697. The van der Waals surface area contributed by atoms with Crippen LogP contribution in [0, 0.1) is 0 Å². The maximum atomic E-state index is 12.4. The summed E-state index contributed by atoms with van der Waals surface area (Å²) in [5, 5.41) is 16.2. The van der Waals surface area contributed by atoms with Gasteiger partial charge >= 0.3 is 0 Å². The molecular weight excluding hydrogens is 358 g/mol. The topological polar surface area (TPSA) is 75.4 Å². The first-order valence-electron chi connectivity index (χ1n) is 6.51. The van der Waals surface area contributed by atoms with Crippen molar-refractivity contribution < 1.29 is 14.7 Å². The normalized spacial score (nSPS) is 29.0. The van der Waals surface area contributed by atoms with E-state index in [1.807, 2.05) is 6.92 Å². The first-order valence-corrected chi connectivity index (χ1v) is 8.25. The summed E-state index contributed by atoms with van der Waals surface area (Å²) < 4.78 is 0.551. The number of hydrogen-bond acceptors (Lipinski definition) is 5. The molecule has 2 aliphatic heterocycles. The van der Waals surface area contributed by atoms with Crippen LogP contribution in [0.3, 0.4) is 0 Å². The minimum atomic E-state index is -1.14. The molecule has 0 aliphatic carbocycles. The summed E-state index contributed by atoms with van der Waals surface area (Å²) >= 11 is 4.75. The third kappa shape index (κ3) is 1.92. The van der Waals surface area contributed by atoms with Crippen LogP contribution in [0.15, 0.2) is 23.4 Å². The van der Waals surface area contributed by atoms with Gasteiger partial charge in [-0.15, -0.1) is 11.8 Å². The maximum absolute atomic E-state index is 12.4. The number of allylic oxidation sites excluding steroid dienone is 1. The molecule has 1 saturated heterocycles. The number of aryl methyl sites for hydroxylation is 1. The zero-order valence-corrected chi connectivity index (χ0v) is 13.9. The Bertz CT molecular complexity index is 659. The number of hydrogen-bond donors (Lipinski definition) is 1. The minimum absolute atomic E-state index is 0.155. The molecule has 0 spiro atoms. The highest BCUT2D eigenvalue weighted by Crippen LogP contribution is 2.56. The van der Waals surface area contributed by atoms with Crippen molar-refractivity contribution in [3.63, 3.8) is 0 Å². The summed E-state index contributed by atoms with van der Waals surface area (Å²) in [5.41, 5.74) is 0.829. The average molecular weight is 372 g/mol. The second-order valence-corrected chi connectivity index (χ2v) is 7.26. The van der Waals surface area contributed by atoms with Gasteiger partial charge in [0.05, 0.1) is 11.4 Å². The lowest BCUT2D eigenvalue weighted by Crippen LogP contribution is -2.69. The van der Waals surface area contributed by atoms with Crippen molar-refractivity contribution in [1.29, 1.82) is 0 Å². The second kappa shape index (κ2) is 4.96. The maximum Gasteiger partial charge on any atom is 0.251 e. The van der Waals surface area contributed by atoms with Crippen LogP contribution in [0.4, 0.5) is 0 Å². The molecule has 0 bridgehead atoms. The molecule has 1 amide bonds. The molecule has 0 saturated carbocycles. The van der Waals surface area contributed by atoms with E-state index in [-0.39, 0.29) is 17.1 Å². The molecule has 6 nitrogen and oxygen atoms in total. The van der Waals surface area contributed by atoms with Gasteiger partial charge in [0.25, 0.3) is 5.91 Å². The third-order valence-corrected chi connectivity index (χ3v) is 6.44. The molecule has 2 unspecified atom stereocenters. The quantitative estimate of drug-likeness (QED) is 0.639. The van der Waals surface area contributed by atoms with Crippen LogP contribution >= 0.6 is 27.7 Å². The number of β-lactam (4-membered cyclic amide) rings is 1. The highest BCUT2D eigenvalue weighted by atomic mass is 79.9. The van der Waals surface area contributed by atoms with Crippen LogP contribution in [0.25, 0.3) is 0 Å². The van der Waals surface area contributed by atoms with Gasteiger partial charge < -0.3 is 5.11 Å². The molecular formula is C13H14BrN3O3S. The van der Waals surface area contributed by atoms with Gasteiger partial charge in [0.15, 0.2) is 10.1 Å². The number of ketones is 1. The Hall–Kier alpha value is -1.12. The molecule has 1 fully saturated rings. The van der Waals surface area contributed by atoms with Crippen molar-refractivity contribution in [2.24, 2.45) is 0 Å². The van der Waals surface area contributed by atoms with Crippen LogP contribution in [0.2, 0.25) is 0 Å². The predicted octanol–water partition coefficient (Wildman–Crippen LogP) is 1.42. The zero-order chi connectivity index (χ0) is 15.4. The minimum Gasteiger partial charge on any atom is -0.385 e. The smallest absolute Gasteiger partial charge is 0.251 e. The lowest BCUT2D eigenvalue weighted by atomic mass is 9.89. The molecule has 0 aromatic carbocycles. The van der Waals surface area contributed by atoms with Crippen molar-refractivity contribution >= 4 is 39.4 Å². The van der Waals surface area contributed by atoms with E-state index in [0.29, 0.717) is 17.9 Å². The molecule has 21 heavy (non-hydrogen) atoms. The first-order chi connectivity index (χ1) is 9.91. The van der Waals surface area contributed by atoms with Gasteiger partial charge in [-0.2, -0.15) is 5.10 Å².